The highest BCUT2D eigenvalue weighted by Crippen LogP contribution is 2.32. The van der Waals surface area contributed by atoms with Crippen molar-refractivity contribution in [3.8, 4) is 0 Å². The SMILES string of the molecule is CC.CC.CC.CC.CC.CC.CC.CC.CC.CC(C)C1CCC1.CC(C)C1CCCC1.CC(C)C1CCCN1.CC(C)C1CCCO1.CC(C)C1CCN1.CC(C)C1CCNC1.CC(C)C1CCO1.CC(C)C1CNOC1.CC(C)C1COCN1. The standard InChI is InChI=1S/C8H16.2C7H15N.C7H14O.C7H14.2C6H13NO.C6H13N.C6H12O.9C2H6/c1-7(2)8-5-3-4-6-8;1-6(2)7-3-4-8-5-7;2*1-6(2)7-4-3-5-8-7;1-6(2)7-4-3-5-7;1-5(2)6-3-8-4-7-6;1-5(2)6-3-7-8-4-6;2*1-5(2)6-3-4-7-6;9*1-2/h7-8H,3-6H2,1-2H3;2*6-8H,3-5H2,1-2H3;6-7H,3-5H2,1-2H3;6-7H,3-5H2,1-2H3;2*5-7H,3-4H2,1-2H3;5-7H,3-4H2,1-2H3;5-6H,3-4H2,1-2H3;9*1-2H3. The first-order chi connectivity index (χ1) is 41.7. The van der Waals surface area contributed by atoms with Gasteiger partial charge in [0.25, 0.3) is 0 Å². The second-order valence-corrected chi connectivity index (χ2v) is 25.2. The Morgan fingerprint density at radius 1 is 0.287 bits per heavy atom. The smallest absolute Gasteiger partial charge is 0.0969 e. The maximum atomic E-state index is 5.41. The molecule has 9 nitrogen and oxygen atoms in total. The molecule has 7 saturated heterocycles. The highest BCUT2D eigenvalue weighted by molar-refractivity contribution is 4.80. The number of hydrogen-bond acceptors (Lipinski definition) is 9. The van der Waals surface area contributed by atoms with Gasteiger partial charge in [0.15, 0.2) is 0 Å². The van der Waals surface area contributed by atoms with Crippen LogP contribution in [-0.2, 0) is 19.0 Å². The van der Waals surface area contributed by atoms with Crippen molar-refractivity contribution < 1.29 is 19.0 Å². The van der Waals surface area contributed by atoms with E-state index in [2.05, 4.69) is 151 Å². The Kier molecular flexibility index (Phi) is 99.0. The molecule has 9 heteroatoms. The van der Waals surface area contributed by atoms with E-state index in [4.69, 9.17) is 19.0 Å². The van der Waals surface area contributed by atoms with Gasteiger partial charge < -0.3 is 35.0 Å². The predicted molar refractivity (Wildman–Crippen MR) is 402 cm³/mol. The second-order valence-electron chi connectivity index (χ2n) is 25.2. The molecule has 0 aromatic rings. The zero-order chi connectivity index (χ0) is 69.7. The molecule has 0 amide bonds. The molecule has 9 fully saturated rings. The van der Waals surface area contributed by atoms with Crippen molar-refractivity contribution in [2.45, 2.75) is 369 Å². The number of hydroxylamine groups is 1. The maximum absolute atomic E-state index is 5.41. The minimum absolute atomic E-state index is 0.565. The number of hydrogen-bond donors (Lipinski definition) is 5. The van der Waals surface area contributed by atoms with Crippen molar-refractivity contribution in [1.82, 2.24) is 26.7 Å². The lowest BCUT2D eigenvalue weighted by molar-refractivity contribution is -0.0763. The van der Waals surface area contributed by atoms with E-state index in [9.17, 15) is 0 Å². The van der Waals surface area contributed by atoms with Gasteiger partial charge >= 0.3 is 0 Å². The molecule has 0 radical (unpaired) electrons. The van der Waals surface area contributed by atoms with E-state index in [1.807, 2.05) is 125 Å². The molecule has 0 bridgehead atoms. The highest BCUT2D eigenvalue weighted by atomic mass is 16.7. The second kappa shape index (κ2) is 81.7. The molecule has 0 spiro atoms. The zero-order valence-electron chi connectivity index (χ0n) is 67.5. The van der Waals surface area contributed by atoms with Gasteiger partial charge in [-0.15, -0.1) is 0 Å². The lowest BCUT2D eigenvalue weighted by atomic mass is 9.78. The fourth-order valence-corrected chi connectivity index (χ4v) is 9.70. The quantitative estimate of drug-likeness (QED) is 0.155. The van der Waals surface area contributed by atoms with Crippen LogP contribution in [0.3, 0.4) is 0 Å². The third-order valence-corrected chi connectivity index (χ3v) is 16.5. The van der Waals surface area contributed by atoms with Crippen molar-refractivity contribution in [1.29, 1.82) is 0 Å². The van der Waals surface area contributed by atoms with Gasteiger partial charge in [-0.3, -0.25) is 5.32 Å². The molecule has 2 saturated carbocycles. The topological polar surface area (TPSA) is 97.1 Å². The maximum Gasteiger partial charge on any atom is 0.0969 e. The fourth-order valence-electron chi connectivity index (χ4n) is 9.70. The largest absolute Gasteiger partial charge is 0.378 e. The molecule has 9 aliphatic rings. The molecule has 7 atom stereocenters. The summed E-state index contributed by atoms with van der Waals surface area (Å²) in [5.41, 5.74) is 2.85. The van der Waals surface area contributed by atoms with Crippen LogP contribution in [0.1, 0.15) is 339 Å². The molecule has 7 heterocycles. The van der Waals surface area contributed by atoms with Crippen LogP contribution >= 0.6 is 0 Å². The van der Waals surface area contributed by atoms with Crippen LogP contribution in [0.4, 0.5) is 0 Å². The van der Waals surface area contributed by atoms with E-state index < -0.39 is 0 Å². The first kappa shape index (κ1) is 105. The normalized spacial score (nSPS) is 23.1. The molecule has 0 aromatic heterocycles. The van der Waals surface area contributed by atoms with Crippen molar-refractivity contribution in [3.05, 3.63) is 0 Å². The molecule has 7 aliphatic heterocycles. The summed E-state index contributed by atoms with van der Waals surface area (Å²) >= 11 is 0. The van der Waals surface area contributed by atoms with E-state index in [0.717, 1.165) is 123 Å². The van der Waals surface area contributed by atoms with E-state index in [0.29, 0.717) is 24.2 Å². The summed E-state index contributed by atoms with van der Waals surface area (Å²) in [5, 5.41) is 13.4. The molecule has 0 aromatic carbocycles. The van der Waals surface area contributed by atoms with Crippen LogP contribution < -0.4 is 26.7 Å². The van der Waals surface area contributed by atoms with Crippen LogP contribution in [0.5, 0.6) is 0 Å². The Hall–Kier alpha value is -0.360. The van der Waals surface area contributed by atoms with Crippen molar-refractivity contribution in [2.24, 2.45) is 76.9 Å². The van der Waals surface area contributed by atoms with Crippen LogP contribution in [0.25, 0.3) is 0 Å². The molecule has 5 N–H and O–H groups in total. The molecule has 7 unspecified atom stereocenters. The summed E-state index contributed by atoms with van der Waals surface area (Å²) in [6.07, 6.45) is 21.0. The average molecular weight is 1250 g/mol. The van der Waals surface area contributed by atoms with Crippen LogP contribution in [0.15, 0.2) is 0 Å². The highest BCUT2D eigenvalue weighted by Gasteiger charge is 2.23. The van der Waals surface area contributed by atoms with Crippen molar-refractivity contribution in [3.63, 3.8) is 0 Å². The minimum Gasteiger partial charge on any atom is -0.378 e. The van der Waals surface area contributed by atoms with Gasteiger partial charge in [-0.2, -0.15) is 0 Å². The third-order valence-electron chi connectivity index (χ3n) is 16.5. The molecule has 87 heavy (non-hydrogen) atoms. The lowest BCUT2D eigenvalue weighted by Crippen LogP contribution is -2.46. The Balaban J connectivity index is -0.000000109. The van der Waals surface area contributed by atoms with Gasteiger partial charge in [0.1, 0.15) is 0 Å². The molecular weight excluding hydrogens is 1070 g/mol. The Morgan fingerprint density at radius 2 is 0.678 bits per heavy atom. The van der Waals surface area contributed by atoms with E-state index >= 15 is 0 Å². The summed E-state index contributed by atoms with van der Waals surface area (Å²) in [7, 11) is 0. The first-order valence-corrected chi connectivity index (χ1v) is 38.8. The molecular formula is C78H179N5O4. The van der Waals surface area contributed by atoms with Crippen LogP contribution in [0.2, 0.25) is 0 Å². The number of rotatable bonds is 9. The van der Waals surface area contributed by atoms with Gasteiger partial charge in [0, 0.05) is 43.8 Å². The van der Waals surface area contributed by atoms with Gasteiger partial charge in [-0.05, 0) is 142 Å². The van der Waals surface area contributed by atoms with Gasteiger partial charge in [0.05, 0.1) is 32.2 Å². The first-order valence-electron chi connectivity index (χ1n) is 38.8. The van der Waals surface area contributed by atoms with Gasteiger partial charge in [0.2, 0.25) is 0 Å². The Morgan fingerprint density at radius 3 is 0.816 bits per heavy atom. The molecule has 9 rings (SSSR count). The summed E-state index contributed by atoms with van der Waals surface area (Å²) in [6.45, 7) is 87.2. The summed E-state index contributed by atoms with van der Waals surface area (Å²) in [4.78, 5) is 4.97. The van der Waals surface area contributed by atoms with Crippen LogP contribution in [0, 0.1) is 76.9 Å². The Labute approximate surface area is 555 Å². The van der Waals surface area contributed by atoms with Crippen LogP contribution in [-0.4, -0.2) is 96.2 Å². The number of nitrogens with one attached hydrogen (secondary N) is 5. The molecule has 2 aliphatic carbocycles. The monoisotopic (exact) mass is 1250 g/mol. The number of ether oxygens (including phenoxy) is 3. The minimum atomic E-state index is 0.565. The zero-order valence-corrected chi connectivity index (χ0v) is 67.5. The summed E-state index contributed by atoms with van der Waals surface area (Å²) < 4.78 is 15.7. The third kappa shape index (κ3) is 65.5. The Bertz CT molecular complexity index is 908. The van der Waals surface area contributed by atoms with Crippen molar-refractivity contribution in [2.75, 3.05) is 65.9 Å². The van der Waals surface area contributed by atoms with Gasteiger partial charge in [-0.1, -0.05) is 294 Å². The average Bonchev–Trinajstić information content (AvgIpc) is 4.36. The van der Waals surface area contributed by atoms with E-state index in [1.54, 1.807) is 0 Å². The summed E-state index contributed by atoms with van der Waals surface area (Å²) in [5.74, 6) is 11.2. The van der Waals surface area contributed by atoms with Gasteiger partial charge in [-0.25, -0.2) is 5.48 Å². The van der Waals surface area contributed by atoms with Crippen molar-refractivity contribution >= 4 is 0 Å². The van der Waals surface area contributed by atoms with E-state index in [1.165, 1.54) is 116 Å². The summed E-state index contributed by atoms with van der Waals surface area (Å²) in [6, 6.07) is 2.24. The lowest BCUT2D eigenvalue weighted by Gasteiger charge is -2.30. The fraction of sp³-hybridized carbons (Fsp3) is 1.00. The van der Waals surface area contributed by atoms with E-state index in [-0.39, 0.29) is 0 Å². The predicted octanol–water partition coefficient (Wildman–Crippen LogP) is 22.8. The molecule has 540 valence electrons.